The number of nitrogens with one attached hydrogen (secondary N) is 1. The van der Waals surface area contributed by atoms with Crippen molar-refractivity contribution in [3.8, 4) is 11.1 Å². The average molecular weight is 280 g/mol. The maximum atomic E-state index is 11.4. The van der Waals surface area contributed by atoms with Gasteiger partial charge in [0.15, 0.2) is 4.84 Å². The van der Waals surface area contributed by atoms with E-state index in [1.165, 1.54) is 0 Å². The first-order chi connectivity index (χ1) is 8.66. The van der Waals surface area contributed by atoms with Crippen LogP contribution in [0.3, 0.4) is 0 Å². The van der Waals surface area contributed by atoms with Crippen LogP contribution in [0.5, 0.6) is 0 Å². The molecular formula is C14H11Cl2NO. The molecule has 1 amide bonds. The monoisotopic (exact) mass is 279 g/mol. The van der Waals surface area contributed by atoms with Gasteiger partial charge in [0, 0.05) is 5.69 Å². The predicted molar refractivity (Wildman–Crippen MR) is 76.0 cm³/mol. The maximum Gasteiger partial charge on any atom is 0.257 e. The fourth-order valence-corrected chi connectivity index (χ4v) is 1.71. The van der Waals surface area contributed by atoms with E-state index in [9.17, 15) is 4.79 Å². The van der Waals surface area contributed by atoms with Crippen LogP contribution in [0.15, 0.2) is 54.6 Å². The van der Waals surface area contributed by atoms with E-state index in [0.717, 1.165) is 11.1 Å². The second kappa shape index (κ2) is 5.89. The number of carbonyl (C=O) groups is 1. The Morgan fingerprint density at radius 3 is 2.28 bits per heavy atom. The number of anilines is 1. The van der Waals surface area contributed by atoms with Crippen LogP contribution >= 0.6 is 23.2 Å². The average Bonchev–Trinajstić information content (AvgIpc) is 2.40. The zero-order valence-corrected chi connectivity index (χ0v) is 10.9. The molecule has 92 valence electrons. The summed E-state index contributed by atoms with van der Waals surface area (Å²) in [5, 5.41) is 2.65. The van der Waals surface area contributed by atoms with E-state index in [-0.39, 0.29) is 0 Å². The van der Waals surface area contributed by atoms with Crippen molar-refractivity contribution in [2.24, 2.45) is 0 Å². The summed E-state index contributed by atoms with van der Waals surface area (Å²) in [6, 6.07) is 17.4. The molecule has 2 rings (SSSR count). The molecule has 0 aliphatic heterocycles. The molecule has 2 nitrogen and oxygen atoms in total. The van der Waals surface area contributed by atoms with Crippen molar-refractivity contribution in [2.75, 3.05) is 5.32 Å². The van der Waals surface area contributed by atoms with Gasteiger partial charge < -0.3 is 5.32 Å². The molecule has 0 unspecified atom stereocenters. The molecule has 4 heteroatoms. The second-order valence-electron chi connectivity index (χ2n) is 3.74. The molecule has 0 aliphatic rings. The highest BCUT2D eigenvalue weighted by atomic mass is 35.5. The highest BCUT2D eigenvalue weighted by Gasteiger charge is 2.11. The molecule has 0 aliphatic carbocycles. The van der Waals surface area contributed by atoms with E-state index in [1.807, 2.05) is 48.5 Å². The van der Waals surface area contributed by atoms with Crippen molar-refractivity contribution in [2.45, 2.75) is 4.84 Å². The van der Waals surface area contributed by atoms with Crippen molar-refractivity contribution >= 4 is 34.8 Å². The van der Waals surface area contributed by atoms with E-state index in [2.05, 4.69) is 5.32 Å². The lowest BCUT2D eigenvalue weighted by molar-refractivity contribution is -0.114. The summed E-state index contributed by atoms with van der Waals surface area (Å²) in [5.41, 5.74) is 2.78. The number of alkyl halides is 2. The summed E-state index contributed by atoms with van der Waals surface area (Å²) < 4.78 is 0. The third-order valence-electron chi connectivity index (χ3n) is 2.44. The number of hydrogen-bond donors (Lipinski definition) is 1. The van der Waals surface area contributed by atoms with Gasteiger partial charge in [-0.2, -0.15) is 0 Å². The topological polar surface area (TPSA) is 29.1 Å². The number of hydrogen-bond acceptors (Lipinski definition) is 1. The van der Waals surface area contributed by atoms with Crippen LogP contribution in [0.1, 0.15) is 0 Å². The van der Waals surface area contributed by atoms with Crippen molar-refractivity contribution in [1.82, 2.24) is 0 Å². The van der Waals surface area contributed by atoms with Crippen molar-refractivity contribution in [1.29, 1.82) is 0 Å². The van der Waals surface area contributed by atoms with Crippen LogP contribution in [0.2, 0.25) is 0 Å². The van der Waals surface area contributed by atoms with Gasteiger partial charge in [0.25, 0.3) is 5.91 Å². The first-order valence-electron chi connectivity index (χ1n) is 5.41. The van der Waals surface area contributed by atoms with E-state index in [1.54, 1.807) is 6.07 Å². The molecule has 1 N–H and O–H groups in total. The van der Waals surface area contributed by atoms with Gasteiger partial charge in [0.1, 0.15) is 0 Å². The Hall–Kier alpha value is -1.51. The summed E-state index contributed by atoms with van der Waals surface area (Å²) in [7, 11) is 0. The minimum atomic E-state index is -1.06. The number of halogens is 2. The van der Waals surface area contributed by atoms with Crippen LogP contribution in [0.25, 0.3) is 11.1 Å². The number of amides is 1. The number of rotatable bonds is 3. The van der Waals surface area contributed by atoms with Crippen molar-refractivity contribution in [3.05, 3.63) is 54.6 Å². The maximum absolute atomic E-state index is 11.4. The van der Waals surface area contributed by atoms with Gasteiger partial charge in [0.05, 0.1) is 0 Å². The molecule has 0 aromatic heterocycles. The van der Waals surface area contributed by atoms with Crippen LogP contribution in [-0.4, -0.2) is 10.7 Å². The van der Waals surface area contributed by atoms with Gasteiger partial charge in [-0.05, 0) is 23.3 Å². The molecule has 0 saturated carbocycles. The fraction of sp³-hybridized carbons (Fsp3) is 0.0714. The minimum absolute atomic E-state index is 0.427. The molecule has 0 saturated heterocycles. The summed E-state index contributed by atoms with van der Waals surface area (Å²) in [4.78, 5) is 10.3. The van der Waals surface area contributed by atoms with Crippen LogP contribution in [0, 0.1) is 0 Å². The predicted octanol–water partition coefficient (Wildman–Crippen LogP) is 4.10. The molecular weight excluding hydrogens is 269 g/mol. The molecule has 0 heterocycles. The lowest BCUT2D eigenvalue weighted by Gasteiger charge is -2.07. The first kappa shape index (κ1) is 12.9. The van der Waals surface area contributed by atoms with Gasteiger partial charge in [0.2, 0.25) is 0 Å². The summed E-state index contributed by atoms with van der Waals surface area (Å²) in [6.07, 6.45) is 0. The Labute approximate surface area is 116 Å². The number of benzene rings is 2. The minimum Gasteiger partial charge on any atom is -0.324 e. The Kier molecular flexibility index (Phi) is 4.24. The first-order valence-corrected chi connectivity index (χ1v) is 6.28. The normalized spacial score (nSPS) is 10.4. The van der Waals surface area contributed by atoms with Crippen LogP contribution in [-0.2, 0) is 4.79 Å². The second-order valence-corrected chi connectivity index (χ2v) is 4.83. The SMILES string of the molecule is O=C(Nc1cccc(-c2ccccc2)c1)C(Cl)Cl. The molecule has 0 bridgehead atoms. The van der Waals surface area contributed by atoms with Crippen LogP contribution < -0.4 is 5.32 Å². The summed E-state index contributed by atoms with van der Waals surface area (Å²) in [6.45, 7) is 0. The molecule has 2 aromatic rings. The summed E-state index contributed by atoms with van der Waals surface area (Å²) >= 11 is 11.0. The molecule has 18 heavy (non-hydrogen) atoms. The lowest BCUT2D eigenvalue weighted by Crippen LogP contribution is -2.18. The van der Waals surface area contributed by atoms with E-state index in [0.29, 0.717) is 5.69 Å². The van der Waals surface area contributed by atoms with Crippen LogP contribution in [0.4, 0.5) is 5.69 Å². The quantitative estimate of drug-likeness (QED) is 0.843. The Balaban J connectivity index is 2.23. The Morgan fingerprint density at radius 1 is 0.944 bits per heavy atom. The van der Waals surface area contributed by atoms with Gasteiger partial charge in [-0.15, -0.1) is 0 Å². The van der Waals surface area contributed by atoms with Gasteiger partial charge in [-0.25, -0.2) is 0 Å². The zero-order chi connectivity index (χ0) is 13.0. The highest BCUT2D eigenvalue weighted by Crippen LogP contribution is 2.22. The molecule has 0 fully saturated rings. The van der Waals surface area contributed by atoms with Gasteiger partial charge >= 0.3 is 0 Å². The third-order valence-corrected chi connectivity index (χ3v) is 2.83. The smallest absolute Gasteiger partial charge is 0.257 e. The van der Waals surface area contributed by atoms with Crippen molar-refractivity contribution < 1.29 is 4.79 Å². The van der Waals surface area contributed by atoms with E-state index < -0.39 is 10.7 Å². The number of carbonyl (C=O) groups excluding carboxylic acids is 1. The van der Waals surface area contributed by atoms with Gasteiger partial charge in [-0.3, -0.25) is 4.79 Å². The molecule has 0 spiro atoms. The molecule has 2 aromatic carbocycles. The third kappa shape index (κ3) is 3.25. The molecule has 0 radical (unpaired) electrons. The van der Waals surface area contributed by atoms with Crippen molar-refractivity contribution in [3.63, 3.8) is 0 Å². The van der Waals surface area contributed by atoms with Gasteiger partial charge in [-0.1, -0.05) is 65.7 Å². The molecule has 0 atom stereocenters. The largest absolute Gasteiger partial charge is 0.324 e. The Morgan fingerprint density at radius 2 is 1.61 bits per heavy atom. The van der Waals surface area contributed by atoms with E-state index >= 15 is 0 Å². The summed E-state index contributed by atoms with van der Waals surface area (Å²) in [5.74, 6) is -0.427. The lowest BCUT2D eigenvalue weighted by atomic mass is 10.1. The Bertz CT molecular complexity index is 541. The van der Waals surface area contributed by atoms with E-state index in [4.69, 9.17) is 23.2 Å². The zero-order valence-electron chi connectivity index (χ0n) is 9.44. The fourth-order valence-electron chi connectivity index (χ4n) is 1.60. The standard InChI is InChI=1S/C14H11Cl2NO/c15-13(16)14(18)17-12-8-4-7-11(9-12)10-5-2-1-3-6-10/h1-9,13H,(H,17,18). The highest BCUT2D eigenvalue weighted by molar-refractivity contribution is 6.54.